The van der Waals surface area contributed by atoms with Crippen molar-refractivity contribution >= 4 is 23.2 Å². The van der Waals surface area contributed by atoms with Gasteiger partial charge in [-0.05, 0) is 54.0 Å². The van der Waals surface area contributed by atoms with Crippen molar-refractivity contribution in [3.05, 3.63) is 22.4 Å². The maximum absolute atomic E-state index is 12.5. The molecule has 23 heavy (non-hydrogen) atoms. The summed E-state index contributed by atoms with van der Waals surface area (Å²) < 4.78 is 0. The van der Waals surface area contributed by atoms with Crippen LogP contribution in [0.2, 0.25) is 0 Å². The fraction of sp³-hybridized carbons (Fsp3) is 0.667. The Kier molecular flexibility index (Phi) is 5.70. The molecule has 2 heterocycles. The number of amides is 2. The van der Waals surface area contributed by atoms with E-state index in [0.29, 0.717) is 25.4 Å². The average Bonchev–Trinajstić information content (AvgIpc) is 3.07. The molecule has 1 saturated carbocycles. The lowest BCUT2D eigenvalue weighted by molar-refractivity contribution is -0.137. The highest BCUT2D eigenvalue weighted by molar-refractivity contribution is 7.07. The third kappa shape index (κ3) is 4.34. The Balaban J connectivity index is 1.42. The van der Waals surface area contributed by atoms with E-state index in [4.69, 9.17) is 0 Å². The van der Waals surface area contributed by atoms with Crippen LogP contribution in [0.25, 0.3) is 0 Å². The van der Waals surface area contributed by atoms with Crippen LogP contribution in [-0.2, 0) is 16.0 Å². The summed E-state index contributed by atoms with van der Waals surface area (Å²) in [5.74, 6) is 0.942. The van der Waals surface area contributed by atoms with E-state index < -0.39 is 0 Å². The highest BCUT2D eigenvalue weighted by Crippen LogP contribution is 2.35. The number of carbonyl (C=O) groups excluding carboxylic acids is 2. The van der Waals surface area contributed by atoms with Crippen molar-refractivity contribution in [2.24, 2.45) is 5.92 Å². The molecule has 0 aromatic carbocycles. The number of nitrogens with one attached hydrogen (secondary N) is 1. The maximum Gasteiger partial charge on any atom is 0.224 e. The molecule has 2 amide bonds. The molecule has 2 fully saturated rings. The Morgan fingerprint density at radius 2 is 2.04 bits per heavy atom. The summed E-state index contributed by atoms with van der Waals surface area (Å²) in [6, 6.07) is 2.43. The number of likely N-dealkylation sites (tertiary alicyclic amines) is 1. The first-order valence-corrected chi connectivity index (χ1v) is 9.75. The molecule has 1 aliphatic heterocycles. The van der Waals surface area contributed by atoms with Gasteiger partial charge in [0, 0.05) is 25.6 Å². The molecule has 0 spiro atoms. The van der Waals surface area contributed by atoms with E-state index >= 15 is 0 Å². The standard InChI is InChI=1S/C18H26N2O2S/c21-17(12-14-8-11-23-13-14)19-9-7-18(22)20-10-3-5-15-4-1-2-6-16(15)20/h8,11,13,15-16H,1-7,9-10,12H2,(H,19,21). The molecular weight excluding hydrogens is 308 g/mol. The molecule has 4 nitrogen and oxygen atoms in total. The molecule has 0 bridgehead atoms. The molecule has 2 aliphatic rings. The van der Waals surface area contributed by atoms with Crippen LogP contribution in [-0.4, -0.2) is 35.8 Å². The number of hydrogen-bond acceptors (Lipinski definition) is 3. The van der Waals surface area contributed by atoms with E-state index in [0.717, 1.165) is 24.4 Å². The summed E-state index contributed by atoms with van der Waals surface area (Å²) in [7, 11) is 0. The van der Waals surface area contributed by atoms with Gasteiger partial charge in [-0.25, -0.2) is 0 Å². The molecule has 1 aromatic rings. The van der Waals surface area contributed by atoms with Crippen LogP contribution in [0.5, 0.6) is 0 Å². The molecule has 2 unspecified atom stereocenters. The first kappa shape index (κ1) is 16.5. The number of rotatable bonds is 5. The molecule has 5 heteroatoms. The van der Waals surface area contributed by atoms with Gasteiger partial charge >= 0.3 is 0 Å². The Labute approximate surface area is 142 Å². The predicted molar refractivity (Wildman–Crippen MR) is 92.3 cm³/mol. The van der Waals surface area contributed by atoms with E-state index in [1.807, 2.05) is 16.8 Å². The third-order valence-corrected chi connectivity index (χ3v) is 5.90. The average molecular weight is 334 g/mol. The SMILES string of the molecule is O=C(Cc1ccsc1)NCCC(=O)N1CCCC2CCCCC21. The number of hydrogen-bond donors (Lipinski definition) is 1. The summed E-state index contributed by atoms with van der Waals surface area (Å²) in [6.45, 7) is 1.36. The quantitative estimate of drug-likeness (QED) is 0.900. The van der Waals surface area contributed by atoms with Crippen LogP contribution in [0.1, 0.15) is 50.5 Å². The highest BCUT2D eigenvalue weighted by Gasteiger charge is 2.35. The van der Waals surface area contributed by atoms with Crippen LogP contribution in [0.3, 0.4) is 0 Å². The normalized spacial score (nSPS) is 24.1. The van der Waals surface area contributed by atoms with E-state index in [1.54, 1.807) is 11.3 Å². The second-order valence-electron chi connectivity index (χ2n) is 6.75. The van der Waals surface area contributed by atoms with Gasteiger partial charge in [0.15, 0.2) is 0 Å². The van der Waals surface area contributed by atoms with E-state index in [9.17, 15) is 9.59 Å². The van der Waals surface area contributed by atoms with Crippen molar-refractivity contribution in [1.82, 2.24) is 10.2 Å². The van der Waals surface area contributed by atoms with Crippen LogP contribution >= 0.6 is 11.3 Å². The Hall–Kier alpha value is -1.36. The van der Waals surface area contributed by atoms with Crippen molar-refractivity contribution in [2.45, 2.75) is 57.4 Å². The minimum absolute atomic E-state index is 0.00499. The van der Waals surface area contributed by atoms with Gasteiger partial charge in [-0.1, -0.05) is 12.8 Å². The van der Waals surface area contributed by atoms with Gasteiger partial charge < -0.3 is 10.2 Å². The molecular formula is C18H26N2O2S. The first-order chi connectivity index (χ1) is 11.2. The first-order valence-electron chi connectivity index (χ1n) is 8.81. The lowest BCUT2D eigenvalue weighted by Crippen LogP contribution is -2.50. The van der Waals surface area contributed by atoms with Gasteiger partial charge in [-0.15, -0.1) is 0 Å². The smallest absolute Gasteiger partial charge is 0.224 e. The molecule has 1 saturated heterocycles. The van der Waals surface area contributed by atoms with Crippen LogP contribution in [0, 0.1) is 5.92 Å². The number of thiophene rings is 1. The van der Waals surface area contributed by atoms with Crippen molar-refractivity contribution in [3.63, 3.8) is 0 Å². The fourth-order valence-electron chi connectivity index (χ4n) is 4.03. The zero-order valence-electron chi connectivity index (χ0n) is 13.6. The summed E-state index contributed by atoms with van der Waals surface area (Å²) in [5.41, 5.74) is 1.04. The van der Waals surface area contributed by atoms with Gasteiger partial charge in [-0.3, -0.25) is 9.59 Å². The van der Waals surface area contributed by atoms with Crippen LogP contribution in [0.15, 0.2) is 16.8 Å². The predicted octanol–water partition coefficient (Wildman–Crippen LogP) is 2.98. The minimum atomic E-state index is 0.00499. The topological polar surface area (TPSA) is 49.4 Å². The Morgan fingerprint density at radius 3 is 2.87 bits per heavy atom. The van der Waals surface area contributed by atoms with Gasteiger partial charge in [0.2, 0.25) is 11.8 Å². The molecule has 1 aliphatic carbocycles. The number of nitrogens with zero attached hydrogens (tertiary/aromatic N) is 1. The Bertz CT molecular complexity index is 527. The summed E-state index contributed by atoms with van der Waals surface area (Å²) in [5, 5.41) is 6.84. The lowest BCUT2D eigenvalue weighted by atomic mass is 9.78. The highest BCUT2D eigenvalue weighted by atomic mass is 32.1. The zero-order chi connectivity index (χ0) is 16.1. The van der Waals surface area contributed by atoms with Crippen molar-refractivity contribution in [3.8, 4) is 0 Å². The van der Waals surface area contributed by atoms with Crippen molar-refractivity contribution in [2.75, 3.05) is 13.1 Å². The zero-order valence-corrected chi connectivity index (χ0v) is 14.4. The van der Waals surface area contributed by atoms with Crippen molar-refractivity contribution in [1.29, 1.82) is 0 Å². The minimum Gasteiger partial charge on any atom is -0.355 e. The number of piperidine rings is 1. The summed E-state index contributed by atoms with van der Waals surface area (Å²) in [6.07, 6.45) is 8.28. The fourth-order valence-corrected chi connectivity index (χ4v) is 4.70. The molecule has 1 N–H and O–H groups in total. The third-order valence-electron chi connectivity index (χ3n) is 5.17. The van der Waals surface area contributed by atoms with E-state index in [2.05, 4.69) is 10.2 Å². The van der Waals surface area contributed by atoms with Gasteiger partial charge in [0.05, 0.1) is 6.42 Å². The second kappa shape index (κ2) is 7.95. The maximum atomic E-state index is 12.5. The lowest BCUT2D eigenvalue weighted by Gasteiger charge is -2.44. The number of carbonyl (C=O) groups is 2. The summed E-state index contributed by atoms with van der Waals surface area (Å²) in [4.78, 5) is 26.5. The van der Waals surface area contributed by atoms with Crippen LogP contribution in [0.4, 0.5) is 0 Å². The van der Waals surface area contributed by atoms with Crippen LogP contribution < -0.4 is 5.32 Å². The number of fused-ring (bicyclic) bond motifs is 1. The molecule has 126 valence electrons. The van der Waals surface area contributed by atoms with E-state index in [1.165, 1.54) is 32.1 Å². The molecule has 0 radical (unpaired) electrons. The van der Waals surface area contributed by atoms with Gasteiger partial charge in [-0.2, -0.15) is 11.3 Å². The largest absolute Gasteiger partial charge is 0.355 e. The molecule has 1 aromatic heterocycles. The van der Waals surface area contributed by atoms with Gasteiger partial charge in [0.1, 0.15) is 0 Å². The second-order valence-corrected chi connectivity index (χ2v) is 7.53. The van der Waals surface area contributed by atoms with Crippen molar-refractivity contribution < 1.29 is 9.59 Å². The van der Waals surface area contributed by atoms with Gasteiger partial charge in [0.25, 0.3) is 0 Å². The van der Waals surface area contributed by atoms with E-state index in [-0.39, 0.29) is 11.8 Å². The molecule has 3 rings (SSSR count). The Morgan fingerprint density at radius 1 is 1.22 bits per heavy atom. The molecule has 2 atom stereocenters. The summed E-state index contributed by atoms with van der Waals surface area (Å²) >= 11 is 1.60. The monoisotopic (exact) mass is 334 g/mol.